The first-order valence-corrected chi connectivity index (χ1v) is 7.93. The Bertz CT molecular complexity index is 630. The van der Waals surface area contributed by atoms with Crippen LogP contribution in [0.3, 0.4) is 0 Å². The molecule has 1 aliphatic heterocycles. The smallest absolute Gasteiger partial charge is 0.404 e. The van der Waals surface area contributed by atoms with Crippen molar-refractivity contribution in [3.05, 3.63) is 35.9 Å². The van der Waals surface area contributed by atoms with E-state index in [1.807, 2.05) is 30.3 Å². The number of amides is 3. The number of hydrogen-bond acceptors (Lipinski definition) is 4. The normalized spacial score (nSPS) is 20.8. The molecule has 1 atom stereocenters. The van der Waals surface area contributed by atoms with Gasteiger partial charge in [0, 0.05) is 19.2 Å². The van der Waals surface area contributed by atoms with Crippen LogP contribution in [-0.2, 0) is 9.59 Å². The lowest BCUT2D eigenvalue weighted by Gasteiger charge is -2.31. The van der Waals surface area contributed by atoms with E-state index >= 15 is 0 Å². The third kappa shape index (κ3) is 4.91. The van der Waals surface area contributed by atoms with Crippen LogP contribution in [0.25, 0.3) is 0 Å². The summed E-state index contributed by atoms with van der Waals surface area (Å²) < 4.78 is 0. The molecule has 1 fully saturated rings. The maximum Gasteiger partial charge on any atom is 0.404 e. The fourth-order valence-corrected chi connectivity index (χ4v) is 2.64. The highest BCUT2D eigenvalue weighted by molar-refractivity contribution is 6.03. The van der Waals surface area contributed by atoms with E-state index < -0.39 is 11.6 Å². The molecule has 1 aromatic carbocycles. The summed E-state index contributed by atoms with van der Waals surface area (Å²) in [7, 11) is 0. The highest BCUT2D eigenvalue weighted by Crippen LogP contribution is 2.28. The first-order valence-electron chi connectivity index (χ1n) is 7.93. The van der Waals surface area contributed by atoms with Gasteiger partial charge in [0.15, 0.2) is 0 Å². The van der Waals surface area contributed by atoms with Crippen molar-refractivity contribution in [2.45, 2.75) is 37.6 Å². The van der Waals surface area contributed by atoms with Crippen molar-refractivity contribution in [1.82, 2.24) is 10.6 Å². The second-order valence-electron chi connectivity index (χ2n) is 5.77. The van der Waals surface area contributed by atoms with Crippen LogP contribution >= 0.6 is 0 Å². The Morgan fingerprint density at radius 2 is 2.04 bits per heavy atom. The molecule has 1 saturated heterocycles. The number of nitrogens with one attached hydrogen (secondary N) is 2. The van der Waals surface area contributed by atoms with E-state index in [4.69, 9.17) is 5.11 Å². The predicted molar refractivity (Wildman–Crippen MR) is 89.0 cm³/mol. The zero-order chi connectivity index (χ0) is 17.4. The number of rotatable bonds is 7. The Kier molecular flexibility index (Phi) is 6.06. The fourth-order valence-electron chi connectivity index (χ4n) is 2.64. The molecule has 0 spiro atoms. The fraction of sp³-hybridized carbons (Fsp3) is 0.412. The number of carbonyl (C=O) groups excluding carboxylic acids is 2. The van der Waals surface area contributed by atoms with E-state index in [2.05, 4.69) is 15.6 Å². The van der Waals surface area contributed by atoms with Gasteiger partial charge in [-0.25, -0.2) is 4.79 Å². The number of benzene rings is 1. The summed E-state index contributed by atoms with van der Waals surface area (Å²) in [5.41, 5.74) is -0.0819. The Morgan fingerprint density at radius 1 is 1.29 bits per heavy atom. The summed E-state index contributed by atoms with van der Waals surface area (Å²) in [5.74, 6) is -0.657. The number of unbranched alkanes of at least 4 members (excludes halogenated alkanes) is 1. The lowest BCUT2D eigenvalue weighted by Crippen LogP contribution is -2.52. The van der Waals surface area contributed by atoms with E-state index in [1.54, 1.807) is 6.21 Å². The maximum absolute atomic E-state index is 12.4. The van der Waals surface area contributed by atoms with Gasteiger partial charge in [-0.05, 0) is 31.2 Å². The molecule has 24 heavy (non-hydrogen) atoms. The molecule has 7 nitrogen and oxygen atoms in total. The van der Waals surface area contributed by atoms with Crippen LogP contribution < -0.4 is 10.6 Å². The van der Waals surface area contributed by atoms with Gasteiger partial charge in [-0.3, -0.25) is 19.9 Å². The van der Waals surface area contributed by atoms with Gasteiger partial charge in [0.05, 0.1) is 0 Å². The van der Waals surface area contributed by atoms with Crippen LogP contribution in [-0.4, -0.2) is 41.3 Å². The molecule has 1 unspecified atom stereocenters. The van der Waals surface area contributed by atoms with Crippen molar-refractivity contribution in [1.29, 1.82) is 0 Å². The summed E-state index contributed by atoms with van der Waals surface area (Å²) >= 11 is 0. The van der Waals surface area contributed by atoms with Crippen LogP contribution in [0.15, 0.2) is 35.3 Å². The number of imide groups is 1. The minimum atomic E-state index is -1.06. The molecular weight excluding hydrogens is 310 g/mol. The number of hydrogen-bond donors (Lipinski definition) is 3. The maximum atomic E-state index is 12.4. The van der Waals surface area contributed by atoms with Gasteiger partial charge in [-0.1, -0.05) is 30.3 Å². The molecule has 0 saturated carbocycles. The van der Waals surface area contributed by atoms with Gasteiger partial charge >= 0.3 is 6.09 Å². The molecule has 1 aromatic rings. The van der Waals surface area contributed by atoms with Gasteiger partial charge in [0.25, 0.3) is 5.91 Å². The minimum Gasteiger partial charge on any atom is -0.465 e. The number of piperidine rings is 1. The first-order chi connectivity index (χ1) is 11.5. The Hall–Kier alpha value is -2.70. The van der Waals surface area contributed by atoms with Crippen LogP contribution in [0.4, 0.5) is 4.79 Å². The van der Waals surface area contributed by atoms with Crippen LogP contribution in [0.5, 0.6) is 0 Å². The molecule has 2 rings (SSSR count). The standard InChI is InChI=1S/C17H21N3O4/c21-14-8-10-17(15(22)20-14,9-4-5-11-18-16(23)24)19-12-13-6-2-1-3-7-13/h1-3,6-7,12,18H,4-5,8-11H2,(H,23,24)(H,20,21,22). The lowest BCUT2D eigenvalue weighted by atomic mass is 9.84. The molecule has 0 bridgehead atoms. The molecule has 3 N–H and O–H groups in total. The Morgan fingerprint density at radius 3 is 2.71 bits per heavy atom. The van der Waals surface area contributed by atoms with E-state index in [0.717, 1.165) is 5.56 Å². The summed E-state index contributed by atoms with van der Waals surface area (Å²) in [6.45, 7) is 0.328. The second kappa shape index (κ2) is 8.24. The van der Waals surface area contributed by atoms with Crippen LogP contribution in [0, 0.1) is 0 Å². The molecule has 0 aromatic heterocycles. The quantitative estimate of drug-likeness (QED) is 0.401. The number of nitrogens with zero attached hydrogens (tertiary/aromatic N) is 1. The van der Waals surface area contributed by atoms with Crippen molar-refractivity contribution >= 4 is 24.1 Å². The third-order valence-electron chi connectivity index (χ3n) is 3.99. The van der Waals surface area contributed by atoms with Crippen LogP contribution in [0.2, 0.25) is 0 Å². The average molecular weight is 331 g/mol. The van der Waals surface area contributed by atoms with E-state index in [-0.39, 0.29) is 18.2 Å². The molecule has 3 amide bonds. The number of aliphatic imine (C=N–C) groups is 1. The predicted octanol–water partition coefficient (Wildman–Crippen LogP) is 1.72. The molecule has 0 aliphatic carbocycles. The molecule has 1 heterocycles. The summed E-state index contributed by atoms with van der Waals surface area (Å²) in [6.07, 6.45) is 2.93. The molecule has 7 heteroatoms. The highest BCUT2D eigenvalue weighted by atomic mass is 16.4. The zero-order valence-corrected chi connectivity index (χ0v) is 13.3. The minimum absolute atomic E-state index is 0.255. The summed E-state index contributed by atoms with van der Waals surface area (Å²) in [6, 6.07) is 9.44. The van der Waals surface area contributed by atoms with Gasteiger partial charge in [-0.15, -0.1) is 0 Å². The Balaban J connectivity index is 2.04. The topological polar surface area (TPSA) is 108 Å². The first kappa shape index (κ1) is 17.7. The molecule has 0 radical (unpaired) electrons. The monoisotopic (exact) mass is 331 g/mol. The molecule has 1 aliphatic rings. The Labute approximate surface area is 140 Å². The zero-order valence-electron chi connectivity index (χ0n) is 13.3. The van der Waals surface area contributed by atoms with Gasteiger partial charge in [-0.2, -0.15) is 0 Å². The SMILES string of the molecule is O=C(O)NCCCCC1(N=Cc2ccccc2)CCC(=O)NC1=O. The lowest BCUT2D eigenvalue weighted by molar-refractivity contribution is -0.137. The van der Waals surface area contributed by atoms with Gasteiger partial charge in [0.1, 0.15) is 5.54 Å². The van der Waals surface area contributed by atoms with Gasteiger partial charge < -0.3 is 10.4 Å². The molecule has 128 valence electrons. The largest absolute Gasteiger partial charge is 0.465 e. The van der Waals surface area contributed by atoms with Crippen molar-refractivity contribution < 1.29 is 19.5 Å². The van der Waals surface area contributed by atoms with Crippen molar-refractivity contribution in [2.75, 3.05) is 6.54 Å². The average Bonchev–Trinajstić information content (AvgIpc) is 2.56. The van der Waals surface area contributed by atoms with Crippen LogP contribution in [0.1, 0.15) is 37.7 Å². The van der Waals surface area contributed by atoms with Crippen molar-refractivity contribution in [3.8, 4) is 0 Å². The summed E-state index contributed by atoms with van der Waals surface area (Å²) in [4.78, 5) is 38.7. The summed E-state index contributed by atoms with van der Waals surface area (Å²) in [5, 5.41) is 13.2. The van der Waals surface area contributed by atoms with Gasteiger partial charge in [0.2, 0.25) is 5.91 Å². The van der Waals surface area contributed by atoms with Crippen molar-refractivity contribution in [3.63, 3.8) is 0 Å². The van der Waals surface area contributed by atoms with E-state index in [0.29, 0.717) is 32.2 Å². The number of carboxylic acid groups (broad SMARTS) is 1. The highest BCUT2D eigenvalue weighted by Gasteiger charge is 2.41. The van der Waals surface area contributed by atoms with Crippen molar-refractivity contribution in [2.24, 2.45) is 4.99 Å². The number of carbonyl (C=O) groups is 3. The van der Waals surface area contributed by atoms with E-state index in [9.17, 15) is 14.4 Å². The second-order valence-corrected chi connectivity index (χ2v) is 5.77. The van der Waals surface area contributed by atoms with E-state index in [1.165, 1.54) is 0 Å². The molecular formula is C17H21N3O4. The third-order valence-corrected chi connectivity index (χ3v) is 3.99.